The van der Waals surface area contributed by atoms with E-state index in [9.17, 15) is 4.39 Å². The van der Waals surface area contributed by atoms with E-state index in [4.69, 9.17) is 0 Å². The minimum absolute atomic E-state index is 0.743. The first-order valence-corrected chi connectivity index (χ1v) is 7.17. The van der Waals surface area contributed by atoms with Crippen LogP contribution in [0.2, 0.25) is 0 Å². The molecule has 1 aliphatic heterocycles. The van der Waals surface area contributed by atoms with Crippen molar-refractivity contribution >= 4 is 33.0 Å². The number of para-hydroxylation sites is 1. The summed E-state index contributed by atoms with van der Waals surface area (Å²) in [5.41, 5.74) is 2.96. The van der Waals surface area contributed by atoms with Crippen molar-refractivity contribution in [3.63, 3.8) is 0 Å². The van der Waals surface area contributed by atoms with Crippen LogP contribution in [0.4, 0.5) is 10.1 Å². The number of hydrogen-bond donors (Lipinski definition) is 1. The quantitative estimate of drug-likeness (QED) is 0.858. The molecule has 0 bridgehead atoms. The van der Waals surface area contributed by atoms with Gasteiger partial charge in [0.05, 0.1) is 4.88 Å². The summed E-state index contributed by atoms with van der Waals surface area (Å²) in [7, 11) is 0. The molecule has 0 fully saturated rings. The van der Waals surface area contributed by atoms with E-state index >= 15 is 0 Å². The van der Waals surface area contributed by atoms with Crippen LogP contribution in [0.5, 0.6) is 0 Å². The Balaban J connectivity index is 2.05. The van der Waals surface area contributed by atoms with E-state index in [1.54, 1.807) is 0 Å². The van der Waals surface area contributed by atoms with E-state index < -0.39 is 6.17 Å². The van der Waals surface area contributed by atoms with Gasteiger partial charge in [0.25, 0.3) is 0 Å². The molecule has 1 N–H and O–H groups in total. The summed E-state index contributed by atoms with van der Waals surface area (Å²) in [5, 5.41) is 5.19. The van der Waals surface area contributed by atoms with Crippen molar-refractivity contribution in [2.75, 3.05) is 11.9 Å². The summed E-state index contributed by atoms with van der Waals surface area (Å²) in [6.45, 7) is 0.907. The van der Waals surface area contributed by atoms with Crippen molar-refractivity contribution in [3.05, 3.63) is 50.1 Å². The van der Waals surface area contributed by atoms with Gasteiger partial charge in [0.1, 0.15) is 0 Å². The van der Waals surface area contributed by atoms with Gasteiger partial charge in [0.2, 0.25) is 0 Å². The fraction of sp³-hybridized carbons (Fsp3) is 0.231. The number of alkyl halides is 1. The lowest BCUT2D eigenvalue weighted by Gasteiger charge is -2.12. The minimum Gasteiger partial charge on any atom is -0.384 e. The molecule has 0 aliphatic carbocycles. The van der Waals surface area contributed by atoms with Crippen molar-refractivity contribution in [2.45, 2.75) is 12.6 Å². The zero-order chi connectivity index (χ0) is 11.8. The predicted molar refractivity (Wildman–Crippen MR) is 73.6 cm³/mol. The van der Waals surface area contributed by atoms with E-state index in [2.05, 4.69) is 27.3 Å². The third-order valence-corrected chi connectivity index (χ3v) is 4.93. The van der Waals surface area contributed by atoms with Gasteiger partial charge in [0, 0.05) is 22.3 Å². The third-order valence-electron chi connectivity index (χ3n) is 3.03. The monoisotopic (exact) mass is 311 g/mol. The molecule has 1 unspecified atom stereocenters. The average molecular weight is 312 g/mol. The van der Waals surface area contributed by atoms with Crippen molar-refractivity contribution in [2.24, 2.45) is 0 Å². The van der Waals surface area contributed by atoms with Gasteiger partial charge in [-0.05, 0) is 39.4 Å². The summed E-state index contributed by atoms with van der Waals surface area (Å²) in [5.74, 6) is 0. The molecular weight excluding hydrogens is 301 g/mol. The molecule has 1 aromatic heterocycles. The van der Waals surface area contributed by atoms with E-state index in [0.717, 1.165) is 33.6 Å². The van der Waals surface area contributed by atoms with Crippen molar-refractivity contribution in [1.29, 1.82) is 0 Å². The number of hydrogen-bond acceptors (Lipinski definition) is 2. The highest BCUT2D eigenvalue weighted by molar-refractivity contribution is 9.10. The topological polar surface area (TPSA) is 12.0 Å². The molecule has 0 amide bonds. The Hall–Kier alpha value is -0.870. The minimum atomic E-state index is -1.05. The molecule has 0 spiro atoms. The first-order valence-electron chi connectivity index (χ1n) is 5.50. The summed E-state index contributed by atoms with van der Waals surface area (Å²) in [6.07, 6.45) is -0.0634. The molecule has 0 saturated carbocycles. The summed E-state index contributed by atoms with van der Waals surface area (Å²) in [6, 6.07) is 7.77. The van der Waals surface area contributed by atoms with Crippen LogP contribution in [0.1, 0.15) is 22.2 Å². The Morgan fingerprint density at radius 1 is 1.35 bits per heavy atom. The van der Waals surface area contributed by atoms with Gasteiger partial charge < -0.3 is 5.32 Å². The van der Waals surface area contributed by atoms with E-state index in [1.165, 1.54) is 16.9 Å². The van der Waals surface area contributed by atoms with Gasteiger partial charge in [-0.1, -0.05) is 18.2 Å². The van der Waals surface area contributed by atoms with Gasteiger partial charge in [0.15, 0.2) is 6.17 Å². The number of fused-ring (bicyclic) bond motifs is 1. The Morgan fingerprint density at radius 3 is 3.00 bits per heavy atom. The number of thiophene rings is 1. The smallest absolute Gasteiger partial charge is 0.162 e. The fourth-order valence-electron chi connectivity index (χ4n) is 2.20. The first-order chi connectivity index (χ1) is 8.27. The highest BCUT2D eigenvalue weighted by Gasteiger charge is 2.23. The maximum atomic E-state index is 14.6. The van der Waals surface area contributed by atoms with E-state index in [-0.39, 0.29) is 0 Å². The van der Waals surface area contributed by atoms with Crippen molar-refractivity contribution in [3.8, 4) is 0 Å². The molecule has 4 heteroatoms. The number of halogens is 2. The van der Waals surface area contributed by atoms with Gasteiger partial charge in [-0.2, -0.15) is 0 Å². The normalized spacial score (nSPS) is 15.4. The Bertz CT molecular complexity index is 552. The second kappa shape index (κ2) is 4.42. The molecule has 2 aromatic rings. The largest absolute Gasteiger partial charge is 0.384 e. The molecule has 0 radical (unpaired) electrons. The van der Waals surface area contributed by atoms with E-state index in [0.29, 0.717) is 0 Å². The van der Waals surface area contributed by atoms with Crippen LogP contribution in [-0.2, 0) is 6.42 Å². The lowest BCUT2D eigenvalue weighted by Crippen LogP contribution is -1.99. The summed E-state index contributed by atoms with van der Waals surface area (Å²) in [4.78, 5) is 0.743. The predicted octanol–water partition coefficient (Wildman–Crippen LogP) is 4.54. The molecular formula is C13H11BrFNS. The molecule has 1 aliphatic rings. The second-order valence-electron chi connectivity index (χ2n) is 4.05. The first kappa shape index (κ1) is 11.2. The molecule has 1 atom stereocenters. The number of anilines is 1. The SMILES string of the molecule is FC(c1cccc2c1NCC2)c1sccc1Br. The standard InChI is InChI=1S/C13H11BrFNS/c14-10-5-7-17-13(10)11(15)9-3-1-2-8-4-6-16-12(8)9/h1-3,5,7,11,16H,4,6H2. The Morgan fingerprint density at radius 2 is 2.24 bits per heavy atom. The van der Waals surface area contributed by atoms with Crippen molar-refractivity contribution in [1.82, 2.24) is 0 Å². The summed E-state index contributed by atoms with van der Waals surface area (Å²) < 4.78 is 15.4. The maximum absolute atomic E-state index is 14.6. The third kappa shape index (κ3) is 1.89. The summed E-state index contributed by atoms with van der Waals surface area (Å²) >= 11 is 4.84. The van der Waals surface area contributed by atoms with Gasteiger partial charge >= 0.3 is 0 Å². The zero-order valence-electron chi connectivity index (χ0n) is 9.04. The Labute approximate surface area is 112 Å². The number of benzene rings is 1. The zero-order valence-corrected chi connectivity index (χ0v) is 11.4. The van der Waals surface area contributed by atoms with Crippen LogP contribution in [-0.4, -0.2) is 6.54 Å². The molecule has 1 aromatic carbocycles. The maximum Gasteiger partial charge on any atom is 0.162 e. The van der Waals surface area contributed by atoms with Crippen LogP contribution in [0, 0.1) is 0 Å². The molecule has 0 saturated heterocycles. The molecule has 3 rings (SSSR count). The Kier molecular flexibility index (Phi) is 2.92. The highest BCUT2D eigenvalue weighted by atomic mass is 79.9. The van der Waals surface area contributed by atoms with Crippen LogP contribution in [0.15, 0.2) is 34.1 Å². The molecule has 2 heterocycles. The fourth-order valence-corrected chi connectivity index (χ4v) is 3.77. The van der Waals surface area contributed by atoms with Gasteiger partial charge in [-0.15, -0.1) is 11.3 Å². The molecule has 17 heavy (non-hydrogen) atoms. The molecule has 88 valence electrons. The second-order valence-corrected chi connectivity index (χ2v) is 5.86. The lowest BCUT2D eigenvalue weighted by molar-refractivity contribution is 0.408. The molecule has 1 nitrogen and oxygen atoms in total. The lowest BCUT2D eigenvalue weighted by atomic mass is 10.0. The van der Waals surface area contributed by atoms with Crippen molar-refractivity contribution < 1.29 is 4.39 Å². The number of nitrogens with one attached hydrogen (secondary N) is 1. The van der Waals surface area contributed by atoms with E-state index in [1.807, 2.05) is 23.6 Å². The highest BCUT2D eigenvalue weighted by Crippen LogP contribution is 2.40. The van der Waals surface area contributed by atoms with Crippen LogP contribution < -0.4 is 5.32 Å². The van der Waals surface area contributed by atoms with Crippen LogP contribution >= 0.6 is 27.3 Å². The average Bonchev–Trinajstić information content (AvgIpc) is 2.95. The van der Waals surface area contributed by atoms with Crippen LogP contribution in [0.3, 0.4) is 0 Å². The van der Waals surface area contributed by atoms with Gasteiger partial charge in [-0.3, -0.25) is 0 Å². The number of rotatable bonds is 2. The van der Waals surface area contributed by atoms with Gasteiger partial charge in [-0.25, -0.2) is 4.39 Å². The van der Waals surface area contributed by atoms with Crippen LogP contribution in [0.25, 0.3) is 0 Å².